The summed E-state index contributed by atoms with van der Waals surface area (Å²) in [4.78, 5) is 22.6. The first-order chi connectivity index (χ1) is 11.1. The van der Waals surface area contributed by atoms with Crippen LogP contribution in [0.3, 0.4) is 0 Å². The highest BCUT2D eigenvalue weighted by atomic mass is 16.5. The van der Waals surface area contributed by atoms with Crippen molar-refractivity contribution < 1.29 is 9.53 Å². The second-order valence-electron chi connectivity index (χ2n) is 6.28. The van der Waals surface area contributed by atoms with E-state index in [1.165, 1.54) is 10.9 Å². The zero-order chi connectivity index (χ0) is 16.1. The molecule has 0 saturated heterocycles. The van der Waals surface area contributed by atoms with Gasteiger partial charge in [0.1, 0.15) is 12.1 Å². The molecule has 0 spiro atoms. The molecule has 1 aromatic carbocycles. The lowest BCUT2D eigenvalue weighted by molar-refractivity contribution is -0.137. The minimum absolute atomic E-state index is 0.00273. The minimum Gasteiger partial charge on any atom is -0.480 e. The average Bonchev–Trinajstić information content (AvgIpc) is 2.92. The molecule has 5 nitrogen and oxygen atoms in total. The van der Waals surface area contributed by atoms with E-state index in [1.54, 1.807) is 0 Å². The van der Waals surface area contributed by atoms with E-state index in [-0.39, 0.29) is 24.0 Å². The molecule has 4 rings (SSSR count). The Kier molecular flexibility index (Phi) is 3.18. The maximum absolute atomic E-state index is 12.7. The molecule has 3 atom stereocenters. The van der Waals surface area contributed by atoms with E-state index in [0.29, 0.717) is 12.5 Å². The quantitative estimate of drug-likeness (QED) is 0.880. The Morgan fingerprint density at radius 1 is 1.35 bits per heavy atom. The van der Waals surface area contributed by atoms with Gasteiger partial charge in [0.15, 0.2) is 0 Å². The van der Waals surface area contributed by atoms with Crippen LogP contribution in [0, 0.1) is 0 Å². The molecule has 0 aliphatic carbocycles. The van der Waals surface area contributed by atoms with E-state index in [0.717, 1.165) is 17.6 Å². The molecule has 120 valence electrons. The maximum Gasteiger partial charge on any atom is 0.248 e. The van der Waals surface area contributed by atoms with E-state index in [4.69, 9.17) is 4.74 Å². The molecule has 2 aliphatic heterocycles. The molecule has 3 heterocycles. The fraction of sp³-hybridized carbons (Fsp3) is 0.444. The Labute approximate surface area is 135 Å². The normalized spacial score (nSPS) is 26.7. The molecule has 1 amide bonds. The summed E-state index contributed by atoms with van der Waals surface area (Å²) >= 11 is 0. The summed E-state index contributed by atoms with van der Waals surface area (Å²) in [5.74, 6) is 0.776. The lowest BCUT2D eigenvalue weighted by Gasteiger charge is -2.43. The molecule has 0 unspecified atom stereocenters. The lowest BCUT2D eigenvalue weighted by atomic mass is 9.90. The molecule has 2 aromatic rings. The van der Waals surface area contributed by atoms with Crippen molar-refractivity contribution in [1.82, 2.24) is 9.88 Å². The van der Waals surface area contributed by atoms with Gasteiger partial charge in [-0.3, -0.25) is 4.79 Å². The molecule has 0 bridgehead atoms. The van der Waals surface area contributed by atoms with Gasteiger partial charge in [0.2, 0.25) is 11.8 Å². The predicted molar refractivity (Wildman–Crippen MR) is 89.6 cm³/mol. The Balaban J connectivity index is 1.86. The Morgan fingerprint density at radius 3 is 2.91 bits per heavy atom. The first kappa shape index (κ1) is 14.3. The standard InChI is InChI=1S/C18H21N3O2/c1-4-23-17-15-9-13-12-7-5-6-8-14(12)20-16(13)11(3)21(15)18(22)10(2)19-17/h5-8,10-11,15,20H,4,9H2,1-3H3/t10-,11-,15-/m1/s1. The fourth-order valence-corrected chi connectivity index (χ4v) is 3.88. The van der Waals surface area contributed by atoms with Gasteiger partial charge >= 0.3 is 0 Å². The van der Waals surface area contributed by atoms with Crippen LogP contribution in [0.15, 0.2) is 29.3 Å². The monoisotopic (exact) mass is 311 g/mol. The molecule has 5 heteroatoms. The van der Waals surface area contributed by atoms with Crippen LogP contribution in [0.2, 0.25) is 0 Å². The Bertz CT molecular complexity index is 808. The minimum atomic E-state index is -0.374. The highest BCUT2D eigenvalue weighted by molar-refractivity contribution is 5.97. The number of nitrogens with zero attached hydrogens (tertiary/aromatic N) is 2. The fourth-order valence-electron chi connectivity index (χ4n) is 3.88. The van der Waals surface area contributed by atoms with Crippen LogP contribution in [0.1, 0.15) is 38.1 Å². The van der Waals surface area contributed by atoms with Crippen LogP contribution in [0.4, 0.5) is 0 Å². The van der Waals surface area contributed by atoms with Gasteiger partial charge in [-0.05, 0) is 32.4 Å². The first-order valence-corrected chi connectivity index (χ1v) is 8.24. The summed E-state index contributed by atoms with van der Waals surface area (Å²) in [5, 5.41) is 1.23. The third-order valence-corrected chi connectivity index (χ3v) is 4.92. The van der Waals surface area contributed by atoms with Crippen molar-refractivity contribution in [1.29, 1.82) is 0 Å². The highest BCUT2D eigenvalue weighted by Gasteiger charge is 2.44. The van der Waals surface area contributed by atoms with Crippen molar-refractivity contribution in [2.45, 2.75) is 45.3 Å². The number of aliphatic imine (C=N–C) groups is 1. The summed E-state index contributed by atoms with van der Waals surface area (Å²) in [6.45, 7) is 6.45. The van der Waals surface area contributed by atoms with Crippen LogP contribution in [-0.4, -0.2) is 40.4 Å². The van der Waals surface area contributed by atoms with Gasteiger partial charge in [-0.2, -0.15) is 0 Å². The van der Waals surface area contributed by atoms with E-state index in [2.05, 4.69) is 35.1 Å². The van der Waals surface area contributed by atoms with E-state index >= 15 is 0 Å². The lowest BCUT2D eigenvalue weighted by Crippen LogP contribution is -2.56. The molecule has 0 saturated carbocycles. The summed E-state index contributed by atoms with van der Waals surface area (Å²) < 4.78 is 5.77. The SMILES string of the molecule is CCOC1=N[C@H](C)C(=O)N2[C@@H]1Cc1c([nH]c3ccccc13)[C@H]2C. The van der Waals surface area contributed by atoms with Crippen molar-refractivity contribution in [2.75, 3.05) is 6.61 Å². The number of para-hydroxylation sites is 1. The van der Waals surface area contributed by atoms with E-state index in [1.807, 2.05) is 24.8 Å². The molecule has 1 N–H and O–H groups in total. The van der Waals surface area contributed by atoms with E-state index in [9.17, 15) is 4.79 Å². The summed E-state index contributed by atoms with van der Waals surface area (Å²) in [6.07, 6.45) is 0.751. The maximum atomic E-state index is 12.7. The summed E-state index contributed by atoms with van der Waals surface area (Å²) in [5.41, 5.74) is 3.55. The number of ether oxygens (including phenoxy) is 1. The Morgan fingerprint density at radius 2 is 2.13 bits per heavy atom. The number of carbonyl (C=O) groups is 1. The van der Waals surface area contributed by atoms with Gasteiger partial charge < -0.3 is 14.6 Å². The van der Waals surface area contributed by atoms with Crippen molar-refractivity contribution in [3.63, 3.8) is 0 Å². The highest BCUT2D eigenvalue weighted by Crippen LogP contribution is 2.39. The molecular formula is C18H21N3O2. The van der Waals surface area contributed by atoms with Gasteiger partial charge in [0.05, 0.1) is 12.6 Å². The van der Waals surface area contributed by atoms with Crippen LogP contribution < -0.4 is 0 Å². The zero-order valence-electron chi connectivity index (χ0n) is 13.7. The molecule has 1 aromatic heterocycles. The van der Waals surface area contributed by atoms with Gasteiger partial charge in [-0.25, -0.2) is 4.99 Å². The van der Waals surface area contributed by atoms with Gasteiger partial charge in [0.25, 0.3) is 0 Å². The van der Waals surface area contributed by atoms with Crippen LogP contribution in [0.25, 0.3) is 10.9 Å². The van der Waals surface area contributed by atoms with Crippen LogP contribution >= 0.6 is 0 Å². The third-order valence-electron chi connectivity index (χ3n) is 4.92. The number of nitrogens with one attached hydrogen (secondary N) is 1. The van der Waals surface area contributed by atoms with Crippen molar-refractivity contribution in [2.24, 2.45) is 4.99 Å². The molecule has 23 heavy (non-hydrogen) atoms. The number of carbonyl (C=O) groups excluding carboxylic acids is 1. The van der Waals surface area contributed by atoms with Gasteiger partial charge in [-0.1, -0.05) is 18.2 Å². The van der Waals surface area contributed by atoms with Crippen molar-refractivity contribution in [3.8, 4) is 0 Å². The largest absolute Gasteiger partial charge is 0.480 e. The average molecular weight is 311 g/mol. The van der Waals surface area contributed by atoms with Crippen LogP contribution in [-0.2, 0) is 16.0 Å². The van der Waals surface area contributed by atoms with E-state index < -0.39 is 0 Å². The zero-order valence-corrected chi connectivity index (χ0v) is 13.7. The number of hydrogen-bond donors (Lipinski definition) is 1. The van der Waals surface area contributed by atoms with Crippen molar-refractivity contribution >= 4 is 22.7 Å². The molecule has 0 radical (unpaired) electrons. The smallest absolute Gasteiger partial charge is 0.248 e. The number of H-pyrrole nitrogens is 1. The second-order valence-corrected chi connectivity index (χ2v) is 6.28. The summed E-state index contributed by atoms with van der Waals surface area (Å²) in [6, 6.07) is 7.83. The first-order valence-electron chi connectivity index (χ1n) is 8.24. The number of rotatable bonds is 1. The number of amides is 1. The Hall–Kier alpha value is -2.30. The second kappa shape index (κ2) is 5.11. The molecule has 0 fully saturated rings. The number of benzene rings is 1. The summed E-state index contributed by atoms with van der Waals surface area (Å²) in [7, 11) is 0. The predicted octanol–water partition coefficient (Wildman–Crippen LogP) is 2.82. The van der Waals surface area contributed by atoms with Crippen molar-refractivity contribution in [3.05, 3.63) is 35.5 Å². The molecular weight excluding hydrogens is 290 g/mol. The third kappa shape index (κ3) is 1.99. The topological polar surface area (TPSA) is 57.7 Å². The number of aromatic amines is 1. The molecule has 2 aliphatic rings. The number of hydrogen-bond acceptors (Lipinski definition) is 3. The van der Waals surface area contributed by atoms with Crippen LogP contribution in [0.5, 0.6) is 0 Å². The van der Waals surface area contributed by atoms with Gasteiger partial charge in [-0.15, -0.1) is 0 Å². The van der Waals surface area contributed by atoms with Gasteiger partial charge in [0, 0.05) is 23.0 Å². The number of fused-ring (bicyclic) bond motifs is 4. The number of aromatic nitrogens is 1.